The molecule has 0 fully saturated rings. The number of thiol groups is 1. The first kappa shape index (κ1) is 19.4. The van der Waals surface area contributed by atoms with E-state index in [0.717, 1.165) is 18.2 Å². The molecular formula is C13H16N4O6S. The van der Waals surface area contributed by atoms with Crippen LogP contribution in [0.15, 0.2) is 18.2 Å². The molecule has 24 heavy (non-hydrogen) atoms. The monoisotopic (exact) mass is 356 g/mol. The van der Waals surface area contributed by atoms with Gasteiger partial charge in [-0.25, -0.2) is 0 Å². The van der Waals surface area contributed by atoms with Crippen molar-refractivity contribution in [1.29, 1.82) is 0 Å². The van der Waals surface area contributed by atoms with Crippen molar-refractivity contribution >= 4 is 35.8 Å². The number of carbonyl (C=O) groups excluding carboxylic acids is 2. The molecule has 2 amide bonds. The van der Waals surface area contributed by atoms with Gasteiger partial charge in [0.2, 0.25) is 5.91 Å². The van der Waals surface area contributed by atoms with Gasteiger partial charge in [0.1, 0.15) is 6.04 Å². The first-order valence-corrected chi connectivity index (χ1v) is 7.56. The quantitative estimate of drug-likeness (QED) is 0.361. The van der Waals surface area contributed by atoms with Crippen molar-refractivity contribution in [1.82, 2.24) is 10.6 Å². The van der Waals surface area contributed by atoms with E-state index in [2.05, 4.69) is 23.3 Å². The summed E-state index contributed by atoms with van der Waals surface area (Å²) in [5.41, 5.74) is -1.47. The Morgan fingerprint density at radius 1 is 1.17 bits per heavy atom. The van der Waals surface area contributed by atoms with E-state index >= 15 is 0 Å². The van der Waals surface area contributed by atoms with Crippen LogP contribution in [0.3, 0.4) is 0 Å². The minimum absolute atomic E-state index is 0.00168. The molecule has 11 heteroatoms. The maximum absolute atomic E-state index is 12.2. The Balaban J connectivity index is 3.02. The van der Waals surface area contributed by atoms with Crippen LogP contribution in [0.1, 0.15) is 23.7 Å². The number of hydrogen-bond acceptors (Lipinski definition) is 7. The molecule has 2 N–H and O–H groups in total. The lowest BCUT2D eigenvalue weighted by atomic mass is 10.1. The first-order valence-electron chi connectivity index (χ1n) is 6.93. The number of amides is 2. The highest BCUT2D eigenvalue weighted by atomic mass is 32.1. The van der Waals surface area contributed by atoms with E-state index < -0.39 is 39.1 Å². The normalized spacial score (nSPS) is 11.4. The average molecular weight is 356 g/mol. The Morgan fingerprint density at radius 3 is 2.12 bits per heavy atom. The molecule has 0 radical (unpaired) electrons. The van der Waals surface area contributed by atoms with Crippen LogP contribution in [0, 0.1) is 20.2 Å². The third-order valence-corrected chi connectivity index (χ3v) is 3.31. The van der Waals surface area contributed by atoms with Crippen molar-refractivity contribution in [2.24, 2.45) is 0 Å². The number of hydrogen-bond donors (Lipinski definition) is 3. The summed E-state index contributed by atoms with van der Waals surface area (Å²) in [6.45, 7) is 2.28. The Kier molecular flexibility index (Phi) is 7.11. The van der Waals surface area contributed by atoms with Gasteiger partial charge >= 0.3 is 0 Å². The van der Waals surface area contributed by atoms with Crippen molar-refractivity contribution < 1.29 is 19.4 Å². The largest absolute Gasteiger partial charge is 0.354 e. The van der Waals surface area contributed by atoms with Crippen LogP contribution in [-0.4, -0.2) is 40.0 Å². The summed E-state index contributed by atoms with van der Waals surface area (Å²) < 4.78 is 0. The Bertz CT molecular complexity index is 634. The molecule has 0 aromatic heterocycles. The molecule has 0 unspecified atom stereocenters. The van der Waals surface area contributed by atoms with Crippen molar-refractivity contribution in [2.45, 2.75) is 19.4 Å². The summed E-state index contributed by atoms with van der Waals surface area (Å²) in [6.07, 6.45) is 0.704. The SMILES string of the molecule is CCCNC(=O)[C@H](CS)NC(=O)c1cc([N+](=O)[O-])cc([N+](=O)[O-])c1. The molecule has 10 nitrogen and oxygen atoms in total. The lowest BCUT2D eigenvalue weighted by Crippen LogP contribution is -2.48. The van der Waals surface area contributed by atoms with Crippen molar-refractivity contribution in [3.63, 3.8) is 0 Å². The molecular weight excluding hydrogens is 340 g/mol. The van der Waals surface area contributed by atoms with Crippen LogP contribution in [0.5, 0.6) is 0 Å². The highest BCUT2D eigenvalue weighted by Gasteiger charge is 2.23. The molecule has 0 aliphatic rings. The third kappa shape index (κ3) is 5.19. The van der Waals surface area contributed by atoms with E-state index in [1.165, 1.54) is 0 Å². The van der Waals surface area contributed by atoms with Gasteiger partial charge in [0.05, 0.1) is 21.5 Å². The van der Waals surface area contributed by atoms with E-state index in [1.807, 2.05) is 6.92 Å². The van der Waals surface area contributed by atoms with Crippen LogP contribution >= 0.6 is 12.6 Å². The molecule has 130 valence electrons. The molecule has 1 aromatic rings. The summed E-state index contributed by atoms with van der Waals surface area (Å²) in [5.74, 6) is -1.30. The second kappa shape index (κ2) is 8.82. The first-order chi connectivity index (χ1) is 11.3. The molecule has 0 heterocycles. The van der Waals surface area contributed by atoms with Crippen LogP contribution in [0.25, 0.3) is 0 Å². The van der Waals surface area contributed by atoms with Gasteiger partial charge in [-0.2, -0.15) is 12.6 Å². The minimum atomic E-state index is -0.967. The van der Waals surface area contributed by atoms with E-state index in [0.29, 0.717) is 13.0 Å². The smallest absolute Gasteiger partial charge is 0.277 e. The molecule has 0 aliphatic carbocycles. The van der Waals surface area contributed by atoms with Gasteiger partial charge in [-0.1, -0.05) is 6.92 Å². The van der Waals surface area contributed by atoms with Crippen molar-refractivity contribution in [3.05, 3.63) is 44.0 Å². The number of nitro groups is 2. The molecule has 0 saturated heterocycles. The van der Waals surface area contributed by atoms with Gasteiger partial charge in [-0.3, -0.25) is 29.8 Å². The number of rotatable bonds is 8. The predicted octanol–water partition coefficient (Wildman–Crippen LogP) is 1.06. The van der Waals surface area contributed by atoms with Crippen LogP contribution in [-0.2, 0) is 4.79 Å². The van der Waals surface area contributed by atoms with Gasteiger partial charge in [0, 0.05) is 24.4 Å². The zero-order chi connectivity index (χ0) is 18.3. The van der Waals surface area contributed by atoms with Gasteiger partial charge in [0.15, 0.2) is 0 Å². The second-order valence-corrected chi connectivity index (χ2v) is 5.12. The summed E-state index contributed by atoms with van der Waals surface area (Å²) >= 11 is 3.98. The number of nitro benzene ring substituents is 2. The maximum atomic E-state index is 12.2. The van der Waals surface area contributed by atoms with Gasteiger partial charge in [0.25, 0.3) is 17.3 Å². The lowest BCUT2D eigenvalue weighted by Gasteiger charge is -2.16. The van der Waals surface area contributed by atoms with Gasteiger partial charge in [-0.15, -0.1) is 0 Å². The predicted molar refractivity (Wildman–Crippen MR) is 88.2 cm³/mol. The number of nitrogens with zero attached hydrogens (tertiary/aromatic N) is 2. The lowest BCUT2D eigenvalue weighted by molar-refractivity contribution is -0.394. The van der Waals surface area contributed by atoms with E-state index in [9.17, 15) is 29.8 Å². The fourth-order valence-electron chi connectivity index (χ4n) is 1.74. The molecule has 0 bridgehead atoms. The minimum Gasteiger partial charge on any atom is -0.354 e. The van der Waals surface area contributed by atoms with E-state index in [-0.39, 0.29) is 11.3 Å². The zero-order valence-corrected chi connectivity index (χ0v) is 13.6. The number of nitrogens with one attached hydrogen (secondary N) is 2. The van der Waals surface area contributed by atoms with Crippen LogP contribution in [0.2, 0.25) is 0 Å². The fourth-order valence-corrected chi connectivity index (χ4v) is 2.00. The average Bonchev–Trinajstić information content (AvgIpc) is 2.56. The summed E-state index contributed by atoms with van der Waals surface area (Å²) in [6, 6.07) is 1.59. The second-order valence-electron chi connectivity index (χ2n) is 4.75. The maximum Gasteiger partial charge on any atom is 0.277 e. The van der Waals surface area contributed by atoms with Crippen molar-refractivity contribution in [3.8, 4) is 0 Å². The molecule has 1 aromatic carbocycles. The van der Waals surface area contributed by atoms with Crippen LogP contribution < -0.4 is 10.6 Å². The van der Waals surface area contributed by atoms with E-state index in [1.54, 1.807) is 0 Å². The standard InChI is InChI=1S/C13H16N4O6S/c1-2-3-14-13(19)11(7-24)15-12(18)8-4-9(16(20)21)6-10(5-8)17(22)23/h4-6,11,24H,2-3,7H2,1H3,(H,14,19)(H,15,18)/t11-/m0/s1. The topological polar surface area (TPSA) is 144 Å². The third-order valence-electron chi connectivity index (χ3n) is 2.94. The molecule has 0 aliphatic heterocycles. The van der Waals surface area contributed by atoms with Gasteiger partial charge in [-0.05, 0) is 6.42 Å². The molecule has 1 atom stereocenters. The van der Waals surface area contributed by atoms with Gasteiger partial charge < -0.3 is 10.6 Å². The van der Waals surface area contributed by atoms with E-state index in [4.69, 9.17) is 0 Å². The Hall–Kier alpha value is -2.69. The number of non-ortho nitro benzene ring substituents is 2. The summed E-state index contributed by atoms with van der Waals surface area (Å²) in [4.78, 5) is 44.0. The summed E-state index contributed by atoms with van der Waals surface area (Å²) in [7, 11) is 0. The zero-order valence-electron chi connectivity index (χ0n) is 12.7. The highest BCUT2D eigenvalue weighted by molar-refractivity contribution is 7.80. The molecule has 0 spiro atoms. The Labute approximate surface area is 142 Å². The van der Waals surface area contributed by atoms with Crippen molar-refractivity contribution in [2.75, 3.05) is 12.3 Å². The molecule has 0 saturated carbocycles. The Morgan fingerprint density at radius 2 is 1.71 bits per heavy atom. The summed E-state index contributed by atoms with van der Waals surface area (Å²) in [5, 5.41) is 26.6. The molecule has 1 rings (SSSR count). The number of benzene rings is 1. The van der Waals surface area contributed by atoms with Crippen LogP contribution in [0.4, 0.5) is 11.4 Å². The highest BCUT2D eigenvalue weighted by Crippen LogP contribution is 2.22. The fraction of sp³-hybridized carbons (Fsp3) is 0.385. The number of carbonyl (C=O) groups is 2.